The highest BCUT2D eigenvalue weighted by atomic mass is 16.5. The quantitative estimate of drug-likeness (QED) is 0.644. The fourth-order valence-corrected chi connectivity index (χ4v) is 4.52. The number of carbonyl (C=O) groups is 2. The largest absolute Gasteiger partial charge is 0.487 e. The molecule has 0 radical (unpaired) electrons. The van der Waals surface area contributed by atoms with Gasteiger partial charge >= 0.3 is 5.97 Å². The van der Waals surface area contributed by atoms with Gasteiger partial charge in [0.25, 0.3) is 5.91 Å². The van der Waals surface area contributed by atoms with Crippen LogP contribution in [0.4, 0.5) is 5.69 Å². The van der Waals surface area contributed by atoms with Gasteiger partial charge in [0, 0.05) is 28.9 Å². The van der Waals surface area contributed by atoms with Crippen molar-refractivity contribution in [3.8, 4) is 0 Å². The van der Waals surface area contributed by atoms with Crippen LogP contribution in [-0.2, 0) is 32.2 Å². The number of ether oxygens (including phenoxy) is 2. The minimum absolute atomic E-state index is 0.129. The predicted molar refractivity (Wildman–Crippen MR) is 109 cm³/mol. The summed E-state index contributed by atoms with van der Waals surface area (Å²) in [5.74, 6) is 0.351. The van der Waals surface area contributed by atoms with E-state index < -0.39 is 0 Å². The van der Waals surface area contributed by atoms with Gasteiger partial charge in [0.2, 0.25) is 0 Å². The SMILES string of the molecule is COC(=O)[C@@H]1CCCN1Cc1ccc2c(c1)COC2=C1C(=O)Nc2ccccc21. The molecule has 2 aromatic carbocycles. The Labute approximate surface area is 169 Å². The van der Waals surface area contributed by atoms with E-state index in [9.17, 15) is 9.59 Å². The summed E-state index contributed by atoms with van der Waals surface area (Å²) in [6.07, 6.45) is 1.84. The van der Waals surface area contributed by atoms with Crippen molar-refractivity contribution in [2.45, 2.75) is 32.0 Å². The monoisotopic (exact) mass is 390 g/mol. The van der Waals surface area contributed by atoms with Crippen LogP contribution in [0.2, 0.25) is 0 Å². The molecule has 6 nitrogen and oxygen atoms in total. The number of benzene rings is 2. The van der Waals surface area contributed by atoms with E-state index in [0.29, 0.717) is 24.5 Å². The molecule has 1 atom stereocenters. The highest BCUT2D eigenvalue weighted by Crippen LogP contribution is 2.41. The molecule has 0 aliphatic carbocycles. The average molecular weight is 390 g/mol. The van der Waals surface area contributed by atoms with Gasteiger partial charge in [-0.05, 0) is 31.0 Å². The van der Waals surface area contributed by atoms with Crippen molar-refractivity contribution in [1.82, 2.24) is 4.90 Å². The van der Waals surface area contributed by atoms with Crippen LogP contribution < -0.4 is 5.32 Å². The first-order valence-electron chi connectivity index (χ1n) is 9.87. The van der Waals surface area contributed by atoms with Crippen molar-refractivity contribution in [3.63, 3.8) is 0 Å². The highest BCUT2D eigenvalue weighted by molar-refractivity contribution is 6.36. The number of fused-ring (bicyclic) bond motifs is 2. The smallest absolute Gasteiger partial charge is 0.323 e. The first kappa shape index (κ1) is 17.9. The maximum atomic E-state index is 12.6. The third-order valence-corrected chi connectivity index (χ3v) is 5.91. The number of anilines is 1. The van der Waals surface area contributed by atoms with E-state index >= 15 is 0 Å². The lowest BCUT2D eigenvalue weighted by atomic mass is 9.99. The van der Waals surface area contributed by atoms with Gasteiger partial charge in [0.05, 0.1) is 12.7 Å². The normalized spacial score (nSPS) is 22.8. The molecular weight excluding hydrogens is 368 g/mol. The number of hydrogen-bond donors (Lipinski definition) is 1. The van der Waals surface area contributed by atoms with E-state index in [1.54, 1.807) is 0 Å². The Bertz CT molecular complexity index is 1040. The molecule has 0 spiro atoms. The maximum absolute atomic E-state index is 12.6. The van der Waals surface area contributed by atoms with Gasteiger partial charge in [0.15, 0.2) is 0 Å². The van der Waals surface area contributed by atoms with E-state index in [4.69, 9.17) is 9.47 Å². The van der Waals surface area contributed by atoms with Gasteiger partial charge in [0.1, 0.15) is 18.4 Å². The topological polar surface area (TPSA) is 67.9 Å². The standard InChI is InChI=1S/C23H22N2O4/c1-28-23(27)19-7-4-10-25(19)12-14-8-9-16-15(11-14)13-29-21(16)20-17-5-2-3-6-18(17)24-22(20)26/h2-3,5-6,8-9,11,19H,4,7,10,12-13H2,1H3,(H,24,26)/t19-/m0/s1. The number of amides is 1. The third-order valence-electron chi connectivity index (χ3n) is 5.91. The molecule has 2 aromatic rings. The number of hydrogen-bond acceptors (Lipinski definition) is 5. The maximum Gasteiger partial charge on any atom is 0.323 e. The Kier molecular flexibility index (Phi) is 4.36. The summed E-state index contributed by atoms with van der Waals surface area (Å²) in [6.45, 7) is 2.03. The molecule has 0 aromatic heterocycles. The summed E-state index contributed by atoms with van der Waals surface area (Å²) in [5.41, 5.74) is 5.44. The molecule has 0 saturated carbocycles. The molecule has 0 unspecified atom stereocenters. The molecule has 1 saturated heterocycles. The lowest BCUT2D eigenvalue weighted by Gasteiger charge is -2.22. The van der Waals surface area contributed by atoms with Crippen molar-refractivity contribution in [3.05, 3.63) is 64.7 Å². The van der Waals surface area contributed by atoms with E-state index in [2.05, 4.69) is 22.3 Å². The van der Waals surface area contributed by atoms with Gasteiger partial charge in [-0.15, -0.1) is 0 Å². The summed E-state index contributed by atoms with van der Waals surface area (Å²) in [4.78, 5) is 26.7. The van der Waals surface area contributed by atoms with Crippen LogP contribution in [0.3, 0.4) is 0 Å². The average Bonchev–Trinajstić information content (AvgIpc) is 3.43. The molecule has 1 N–H and O–H groups in total. The van der Waals surface area contributed by atoms with Crippen LogP contribution in [0.15, 0.2) is 42.5 Å². The van der Waals surface area contributed by atoms with Crippen molar-refractivity contribution in [1.29, 1.82) is 0 Å². The molecule has 1 fully saturated rings. The van der Waals surface area contributed by atoms with Crippen molar-refractivity contribution in [2.75, 3.05) is 19.0 Å². The number of rotatable bonds is 3. The molecular formula is C23H22N2O4. The van der Waals surface area contributed by atoms with Gasteiger partial charge in [-0.3, -0.25) is 14.5 Å². The second-order valence-corrected chi connectivity index (χ2v) is 7.64. The number of para-hydroxylation sites is 1. The van der Waals surface area contributed by atoms with Gasteiger partial charge in [-0.25, -0.2) is 0 Å². The molecule has 29 heavy (non-hydrogen) atoms. The first-order chi connectivity index (χ1) is 14.2. The molecule has 3 heterocycles. The second kappa shape index (κ2) is 7.04. The van der Waals surface area contributed by atoms with Crippen LogP contribution in [0.25, 0.3) is 11.3 Å². The van der Waals surface area contributed by atoms with Crippen molar-refractivity contribution < 1.29 is 19.1 Å². The predicted octanol–water partition coefficient (Wildman–Crippen LogP) is 3.17. The number of carbonyl (C=O) groups excluding carboxylic acids is 2. The zero-order valence-corrected chi connectivity index (χ0v) is 16.2. The van der Waals surface area contributed by atoms with Gasteiger partial charge in [-0.2, -0.15) is 0 Å². The number of nitrogens with one attached hydrogen (secondary N) is 1. The van der Waals surface area contributed by atoms with Crippen LogP contribution in [-0.4, -0.2) is 36.5 Å². The Morgan fingerprint density at radius 3 is 2.97 bits per heavy atom. The van der Waals surface area contributed by atoms with E-state index in [0.717, 1.165) is 47.3 Å². The summed E-state index contributed by atoms with van der Waals surface area (Å²) in [7, 11) is 1.44. The summed E-state index contributed by atoms with van der Waals surface area (Å²) >= 11 is 0. The minimum Gasteiger partial charge on any atom is -0.487 e. The molecule has 5 rings (SSSR count). The van der Waals surface area contributed by atoms with Crippen molar-refractivity contribution >= 4 is 28.9 Å². The summed E-state index contributed by atoms with van der Waals surface area (Å²) in [5, 5.41) is 2.91. The van der Waals surface area contributed by atoms with Crippen LogP contribution in [0.5, 0.6) is 0 Å². The molecule has 148 valence electrons. The van der Waals surface area contributed by atoms with Crippen LogP contribution in [0.1, 0.15) is 35.1 Å². The van der Waals surface area contributed by atoms with Crippen LogP contribution >= 0.6 is 0 Å². The van der Waals surface area contributed by atoms with E-state index in [1.165, 1.54) is 7.11 Å². The number of likely N-dealkylation sites (tertiary alicyclic amines) is 1. The summed E-state index contributed by atoms with van der Waals surface area (Å²) < 4.78 is 10.9. The minimum atomic E-state index is -0.166. The first-order valence-corrected chi connectivity index (χ1v) is 9.87. The Balaban J connectivity index is 1.44. The highest BCUT2D eigenvalue weighted by Gasteiger charge is 2.33. The molecule has 3 aliphatic rings. The fourth-order valence-electron chi connectivity index (χ4n) is 4.52. The Morgan fingerprint density at radius 1 is 1.24 bits per heavy atom. The lowest BCUT2D eigenvalue weighted by Crippen LogP contribution is -2.36. The Morgan fingerprint density at radius 2 is 2.10 bits per heavy atom. The number of nitrogens with zero attached hydrogens (tertiary/aromatic N) is 1. The van der Waals surface area contributed by atoms with E-state index in [-0.39, 0.29) is 17.9 Å². The molecule has 6 heteroatoms. The molecule has 0 bridgehead atoms. The van der Waals surface area contributed by atoms with Gasteiger partial charge in [-0.1, -0.05) is 36.4 Å². The molecule has 1 amide bonds. The summed E-state index contributed by atoms with van der Waals surface area (Å²) in [6, 6.07) is 13.7. The van der Waals surface area contributed by atoms with Crippen LogP contribution in [0, 0.1) is 0 Å². The zero-order chi connectivity index (χ0) is 20.0. The van der Waals surface area contributed by atoms with Gasteiger partial charge < -0.3 is 14.8 Å². The Hall–Kier alpha value is -3.12. The lowest BCUT2D eigenvalue weighted by molar-refractivity contribution is -0.146. The molecule has 3 aliphatic heterocycles. The fraction of sp³-hybridized carbons (Fsp3) is 0.304. The van der Waals surface area contributed by atoms with E-state index in [1.807, 2.05) is 30.3 Å². The van der Waals surface area contributed by atoms with Crippen molar-refractivity contribution in [2.24, 2.45) is 0 Å². The third kappa shape index (κ3) is 3.00. The number of methoxy groups -OCH3 is 1. The second-order valence-electron chi connectivity index (χ2n) is 7.64. The zero-order valence-electron chi connectivity index (χ0n) is 16.2. The number of esters is 1.